The van der Waals surface area contributed by atoms with Crippen molar-refractivity contribution in [1.82, 2.24) is 14.9 Å². The van der Waals surface area contributed by atoms with Crippen molar-refractivity contribution < 1.29 is 13.9 Å². The summed E-state index contributed by atoms with van der Waals surface area (Å²) in [4.78, 5) is 26.0. The van der Waals surface area contributed by atoms with Crippen LogP contribution in [0.5, 0.6) is 0 Å². The van der Waals surface area contributed by atoms with Gasteiger partial charge in [0.2, 0.25) is 5.91 Å². The number of rotatable bonds is 5. The first-order valence-electron chi connectivity index (χ1n) is 9.93. The predicted octanol–water partition coefficient (Wildman–Crippen LogP) is 2.56. The molecule has 1 amide bonds. The fraction of sp³-hybridized carbons (Fsp3) is 0.476. The SMILES string of the molecule is O=C(CCCl)N1CCc2nc(Cc3cccc(F)c3)nc(N3CCOCC3)c2C1. The standard InChI is InChI=1S/C21H24ClFN4O2/c22-6-4-20(28)27-7-5-18-17(14-27)21(26-8-10-29-11-9-26)25-19(24-18)13-15-2-1-3-16(23)12-15/h1-3,12H,4-11,13-14H2. The first-order chi connectivity index (χ1) is 14.1. The Morgan fingerprint density at radius 2 is 2.03 bits per heavy atom. The number of nitrogens with zero attached hydrogens (tertiary/aromatic N) is 4. The Labute approximate surface area is 174 Å². The number of anilines is 1. The molecule has 0 N–H and O–H groups in total. The molecule has 2 aliphatic rings. The minimum atomic E-state index is -0.262. The van der Waals surface area contributed by atoms with Crippen LogP contribution in [0.25, 0.3) is 0 Å². The molecule has 2 aliphatic heterocycles. The maximum Gasteiger partial charge on any atom is 0.224 e. The number of benzene rings is 1. The van der Waals surface area contributed by atoms with Crippen LogP contribution in [-0.4, -0.2) is 59.5 Å². The van der Waals surface area contributed by atoms with Crippen molar-refractivity contribution in [2.24, 2.45) is 0 Å². The molecular weight excluding hydrogens is 395 g/mol. The molecule has 6 nitrogen and oxygen atoms in total. The third-order valence-electron chi connectivity index (χ3n) is 5.31. The summed E-state index contributed by atoms with van der Waals surface area (Å²) < 4.78 is 19.1. The highest BCUT2D eigenvalue weighted by Gasteiger charge is 2.28. The smallest absolute Gasteiger partial charge is 0.224 e. The van der Waals surface area contributed by atoms with E-state index in [9.17, 15) is 9.18 Å². The van der Waals surface area contributed by atoms with Crippen molar-refractivity contribution >= 4 is 23.3 Å². The van der Waals surface area contributed by atoms with E-state index in [1.807, 2.05) is 11.0 Å². The number of hydrogen-bond donors (Lipinski definition) is 0. The summed E-state index contributed by atoms with van der Waals surface area (Å²) in [5.41, 5.74) is 2.82. The molecule has 0 aliphatic carbocycles. The third-order valence-corrected chi connectivity index (χ3v) is 5.50. The van der Waals surface area contributed by atoms with Crippen LogP contribution in [-0.2, 0) is 28.9 Å². The molecule has 4 rings (SSSR count). The Bertz CT molecular complexity index is 889. The summed E-state index contributed by atoms with van der Waals surface area (Å²) in [5.74, 6) is 1.66. The van der Waals surface area contributed by atoms with Gasteiger partial charge in [0.15, 0.2) is 0 Å². The number of alkyl halides is 1. The van der Waals surface area contributed by atoms with Crippen molar-refractivity contribution in [3.8, 4) is 0 Å². The quantitative estimate of drug-likeness (QED) is 0.698. The molecule has 1 saturated heterocycles. The summed E-state index contributed by atoms with van der Waals surface area (Å²) in [7, 11) is 0. The zero-order valence-corrected chi connectivity index (χ0v) is 17.0. The lowest BCUT2D eigenvalue weighted by Crippen LogP contribution is -2.41. The van der Waals surface area contributed by atoms with Gasteiger partial charge in [0.25, 0.3) is 0 Å². The van der Waals surface area contributed by atoms with E-state index < -0.39 is 0 Å². The highest BCUT2D eigenvalue weighted by molar-refractivity contribution is 6.18. The second-order valence-electron chi connectivity index (χ2n) is 7.30. The number of morpholine rings is 1. The Kier molecular flexibility index (Phi) is 6.25. The number of aromatic nitrogens is 2. The molecular formula is C21H24ClFN4O2. The van der Waals surface area contributed by atoms with Crippen molar-refractivity contribution in [1.29, 1.82) is 0 Å². The molecule has 1 fully saturated rings. The molecule has 8 heteroatoms. The third kappa shape index (κ3) is 4.67. The van der Waals surface area contributed by atoms with Gasteiger partial charge in [0, 0.05) is 50.3 Å². The molecule has 0 spiro atoms. The molecule has 0 bridgehead atoms. The maximum atomic E-state index is 13.6. The number of carbonyl (C=O) groups excluding carboxylic acids is 1. The lowest BCUT2D eigenvalue weighted by molar-refractivity contribution is -0.131. The molecule has 0 atom stereocenters. The monoisotopic (exact) mass is 418 g/mol. The molecule has 1 aromatic heterocycles. The van der Waals surface area contributed by atoms with E-state index in [0.29, 0.717) is 57.3 Å². The average Bonchev–Trinajstić information content (AvgIpc) is 2.74. The summed E-state index contributed by atoms with van der Waals surface area (Å²) in [6.45, 7) is 3.91. The summed E-state index contributed by atoms with van der Waals surface area (Å²) in [6, 6.07) is 6.53. The van der Waals surface area contributed by atoms with Crippen LogP contribution in [0.15, 0.2) is 24.3 Å². The van der Waals surface area contributed by atoms with Crippen molar-refractivity contribution in [3.05, 3.63) is 52.7 Å². The lowest BCUT2D eigenvalue weighted by Gasteiger charge is -2.34. The van der Waals surface area contributed by atoms with Gasteiger partial charge in [0.1, 0.15) is 17.5 Å². The molecule has 0 unspecified atom stereocenters. The Morgan fingerprint density at radius 1 is 1.21 bits per heavy atom. The average molecular weight is 419 g/mol. The van der Waals surface area contributed by atoms with E-state index in [1.165, 1.54) is 12.1 Å². The molecule has 0 saturated carbocycles. The minimum Gasteiger partial charge on any atom is -0.378 e. The first-order valence-corrected chi connectivity index (χ1v) is 10.5. The van der Waals surface area contributed by atoms with Crippen LogP contribution in [0.4, 0.5) is 10.2 Å². The van der Waals surface area contributed by atoms with Gasteiger partial charge in [-0.1, -0.05) is 12.1 Å². The topological polar surface area (TPSA) is 58.6 Å². The van der Waals surface area contributed by atoms with Gasteiger partial charge in [0.05, 0.1) is 25.5 Å². The first kappa shape index (κ1) is 20.0. The van der Waals surface area contributed by atoms with Gasteiger partial charge < -0.3 is 14.5 Å². The number of carbonyl (C=O) groups is 1. The zero-order valence-electron chi connectivity index (χ0n) is 16.2. The molecule has 2 aromatic rings. The predicted molar refractivity (Wildman–Crippen MR) is 109 cm³/mol. The zero-order chi connectivity index (χ0) is 20.2. The van der Waals surface area contributed by atoms with E-state index in [-0.39, 0.29) is 11.7 Å². The van der Waals surface area contributed by atoms with Crippen LogP contribution in [0, 0.1) is 5.82 Å². The number of halogens is 2. The Balaban J connectivity index is 1.66. The molecule has 3 heterocycles. The second-order valence-corrected chi connectivity index (χ2v) is 7.68. The van der Waals surface area contributed by atoms with Gasteiger partial charge >= 0.3 is 0 Å². The van der Waals surface area contributed by atoms with Gasteiger partial charge in [-0.25, -0.2) is 14.4 Å². The Hall–Kier alpha value is -2.25. The number of ether oxygens (including phenoxy) is 1. The van der Waals surface area contributed by atoms with E-state index in [0.717, 1.165) is 35.7 Å². The number of amides is 1. The molecule has 0 radical (unpaired) electrons. The highest BCUT2D eigenvalue weighted by atomic mass is 35.5. The summed E-state index contributed by atoms with van der Waals surface area (Å²) >= 11 is 5.76. The van der Waals surface area contributed by atoms with E-state index in [2.05, 4.69) is 4.90 Å². The maximum absolute atomic E-state index is 13.6. The van der Waals surface area contributed by atoms with Crippen LogP contribution in [0.2, 0.25) is 0 Å². The molecule has 29 heavy (non-hydrogen) atoms. The van der Waals surface area contributed by atoms with Crippen LogP contribution in [0.1, 0.15) is 29.1 Å². The van der Waals surface area contributed by atoms with Crippen molar-refractivity contribution in [2.75, 3.05) is 43.6 Å². The van der Waals surface area contributed by atoms with Gasteiger partial charge in [-0.05, 0) is 17.7 Å². The largest absolute Gasteiger partial charge is 0.378 e. The second kappa shape index (κ2) is 9.05. The number of fused-ring (bicyclic) bond motifs is 1. The minimum absolute atomic E-state index is 0.0578. The van der Waals surface area contributed by atoms with Gasteiger partial charge in [-0.3, -0.25) is 4.79 Å². The van der Waals surface area contributed by atoms with Gasteiger partial charge in [-0.15, -0.1) is 11.6 Å². The molecule has 1 aromatic carbocycles. The van der Waals surface area contributed by atoms with E-state index >= 15 is 0 Å². The van der Waals surface area contributed by atoms with E-state index in [4.69, 9.17) is 26.3 Å². The fourth-order valence-electron chi connectivity index (χ4n) is 3.84. The van der Waals surface area contributed by atoms with E-state index in [1.54, 1.807) is 6.07 Å². The number of hydrogen-bond acceptors (Lipinski definition) is 5. The van der Waals surface area contributed by atoms with Crippen LogP contribution < -0.4 is 4.90 Å². The van der Waals surface area contributed by atoms with Crippen LogP contribution >= 0.6 is 11.6 Å². The molecule has 154 valence electrons. The van der Waals surface area contributed by atoms with Crippen molar-refractivity contribution in [2.45, 2.75) is 25.8 Å². The summed E-state index contributed by atoms with van der Waals surface area (Å²) in [5, 5.41) is 0. The fourth-order valence-corrected chi connectivity index (χ4v) is 4.01. The Morgan fingerprint density at radius 3 is 2.79 bits per heavy atom. The normalized spacial score (nSPS) is 16.6. The summed E-state index contributed by atoms with van der Waals surface area (Å²) in [6.07, 6.45) is 1.49. The van der Waals surface area contributed by atoms with Crippen molar-refractivity contribution in [3.63, 3.8) is 0 Å². The highest BCUT2D eigenvalue weighted by Crippen LogP contribution is 2.28. The van der Waals surface area contributed by atoms with Crippen LogP contribution in [0.3, 0.4) is 0 Å². The van der Waals surface area contributed by atoms with Gasteiger partial charge in [-0.2, -0.15) is 0 Å². The lowest BCUT2D eigenvalue weighted by atomic mass is 10.0.